The van der Waals surface area contributed by atoms with E-state index in [0.29, 0.717) is 36.4 Å². The van der Waals surface area contributed by atoms with Crippen molar-refractivity contribution in [2.45, 2.75) is 32.3 Å². The predicted octanol–water partition coefficient (Wildman–Crippen LogP) is 0.888. The number of likely N-dealkylation sites (tertiary alicyclic amines) is 1. The Bertz CT molecular complexity index is 470. The summed E-state index contributed by atoms with van der Waals surface area (Å²) in [5.74, 6) is 1.04. The van der Waals surface area contributed by atoms with E-state index in [1.54, 1.807) is 18.7 Å². The molecule has 2 heterocycles. The first-order valence-electron chi connectivity index (χ1n) is 5.95. The monoisotopic (exact) mass is 236 g/mol. The van der Waals surface area contributed by atoms with Gasteiger partial charge in [-0.2, -0.15) is 0 Å². The minimum absolute atomic E-state index is 0.159. The first-order valence-corrected chi connectivity index (χ1v) is 5.95. The summed E-state index contributed by atoms with van der Waals surface area (Å²) in [7, 11) is 0. The van der Waals surface area contributed by atoms with Gasteiger partial charge in [-0.05, 0) is 25.7 Å². The molecule has 17 heavy (non-hydrogen) atoms. The van der Waals surface area contributed by atoms with Gasteiger partial charge in [0.25, 0.3) is 5.91 Å². The van der Waals surface area contributed by atoms with E-state index in [-0.39, 0.29) is 5.91 Å². The number of β-amino-alcohol motifs (C(OH)–C–C–N with tert-alkyl or cyclic N) is 1. The second-order valence-corrected chi connectivity index (χ2v) is 5.19. The van der Waals surface area contributed by atoms with Crippen LogP contribution in [0.3, 0.4) is 0 Å². The Labute approximate surface area is 99.4 Å². The summed E-state index contributed by atoms with van der Waals surface area (Å²) in [5.41, 5.74) is -0.0205. The van der Waals surface area contributed by atoms with Crippen molar-refractivity contribution in [2.24, 2.45) is 5.92 Å². The summed E-state index contributed by atoms with van der Waals surface area (Å²) >= 11 is 0. The van der Waals surface area contributed by atoms with Gasteiger partial charge in [0.1, 0.15) is 5.60 Å². The van der Waals surface area contributed by atoms with Gasteiger partial charge >= 0.3 is 0 Å². The van der Waals surface area contributed by atoms with Crippen molar-refractivity contribution < 1.29 is 14.3 Å². The summed E-state index contributed by atoms with van der Waals surface area (Å²) in [6.07, 6.45) is 2.16. The molecular formula is C12H16N2O3. The Morgan fingerprint density at radius 2 is 2.12 bits per heavy atom. The average Bonchev–Trinajstić information content (AvgIpc) is 3.00. The SMILES string of the molecule is Cc1nc(C)c(C(=O)N2CC(O)(C3CC3)C2)o1. The third-order valence-corrected chi connectivity index (χ3v) is 3.65. The molecule has 2 aliphatic rings. The van der Waals surface area contributed by atoms with Gasteiger partial charge in [0.05, 0.1) is 18.8 Å². The first-order chi connectivity index (χ1) is 7.99. The summed E-state index contributed by atoms with van der Waals surface area (Å²) in [5, 5.41) is 10.2. The molecule has 0 spiro atoms. The van der Waals surface area contributed by atoms with E-state index in [9.17, 15) is 9.90 Å². The van der Waals surface area contributed by atoms with E-state index < -0.39 is 5.60 Å². The molecule has 0 aromatic carbocycles. The number of rotatable bonds is 2. The lowest BCUT2D eigenvalue weighted by molar-refractivity contribution is -0.0965. The number of nitrogens with zero attached hydrogens (tertiary/aromatic N) is 2. The van der Waals surface area contributed by atoms with Crippen LogP contribution in [0.4, 0.5) is 0 Å². The van der Waals surface area contributed by atoms with E-state index in [2.05, 4.69) is 4.98 Å². The average molecular weight is 236 g/mol. The van der Waals surface area contributed by atoms with Crippen LogP contribution in [0.25, 0.3) is 0 Å². The molecule has 1 saturated carbocycles. The van der Waals surface area contributed by atoms with Gasteiger partial charge in [-0.15, -0.1) is 0 Å². The molecule has 1 aliphatic carbocycles. The van der Waals surface area contributed by atoms with E-state index in [1.807, 2.05) is 0 Å². The van der Waals surface area contributed by atoms with E-state index >= 15 is 0 Å². The summed E-state index contributed by atoms with van der Waals surface area (Å²) < 4.78 is 5.29. The van der Waals surface area contributed by atoms with Crippen LogP contribution in [0, 0.1) is 19.8 Å². The van der Waals surface area contributed by atoms with Gasteiger partial charge in [-0.1, -0.05) is 0 Å². The second-order valence-electron chi connectivity index (χ2n) is 5.19. The van der Waals surface area contributed by atoms with Crippen molar-refractivity contribution in [2.75, 3.05) is 13.1 Å². The fourth-order valence-corrected chi connectivity index (χ4v) is 2.51. The Hall–Kier alpha value is -1.36. The summed E-state index contributed by atoms with van der Waals surface area (Å²) in [6.45, 7) is 4.34. The Morgan fingerprint density at radius 1 is 1.47 bits per heavy atom. The fourth-order valence-electron chi connectivity index (χ4n) is 2.51. The van der Waals surface area contributed by atoms with Gasteiger partial charge in [-0.25, -0.2) is 4.98 Å². The van der Waals surface area contributed by atoms with Gasteiger partial charge in [0.15, 0.2) is 5.89 Å². The maximum atomic E-state index is 12.1. The van der Waals surface area contributed by atoms with Crippen LogP contribution >= 0.6 is 0 Å². The molecule has 1 aromatic heterocycles. The second kappa shape index (κ2) is 3.32. The number of aryl methyl sites for hydroxylation is 2. The zero-order chi connectivity index (χ0) is 12.2. The number of aromatic nitrogens is 1. The van der Waals surface area contributed by atoms with Crippen LogP contribution in [-0.4, -0.2) is 39.6 Å². The fraction of sp³-hybridized carbons (Fsp3) is 0.667. The molecule has 0 bridgehead atoms. The predicted molar refractivity (Wildman–Crippen MR) is 59.6 cm³/mol. The normalized spacial score (nSPS) is 22.4. The molecule has 1 aromatic rings. The summed E-state index contributed by atoms with van der Waals surface area (Å²) in [6, 6.07) is 0. The molecule has 2 fully saturated rings. The quantitative estimate of drug-likeness (QED) is 0.828. The van der Waals surface area contributed by atoms with Crippen molar-refractivity contribution in [3.8, 4) is 0 Å². The highest BCUT2D eigenvalue weighted by molar-refractivity contribution is 5.93. The van der Waals surface area contributed by atoms with Crippen molar-refractivity contribution >= 4 is 5.91 Å². The maximum Gasteiger partial charge on any atom is 0.291 e. The Balaban J connectivity index is 1.71. The van der Waals surface area contributed by atoms with Crippen molar-refractivity contribution in [3.05, 3.63) is 17.3 Å². The highest BCUT2D eigenvalue weighted by Gasteiger charge is 2.53. The standard InChI is InChI=1S/C12H16N2O3/c1-7-10(17-8(2)13-7)11(15)14-5-12(16,6-14)9-3-4-9/h9,16H,3-6H2,1-2H3. The van der Waals surface area contributed by atoms with Crippen molar-refractivity contribution in [1.82, 2.24) is 9.88 Å². The van der Waals surface area contributed by atoms with Crippen LogP contribution in [-0.2, 0) is 0 Å². The molecule has 1 amide bonds. The molecule has 92 valence electrons. The van der Waals surface area contributed by atoms with Crippen LogP contribution < -0.4 is 0 Å². The van der Waals surface area contributed by atoms with Gasteiger partial charge in [0, 0.05) is 6.92 Å². The summed E-state index contributed by atoms with van der Waals surface area (Å²) in [4.78, 5) is 17.8. The van der Waals surface area contributed by atoms with Crippen LogP contribution in [0.2, 0.25) is 0 Å². The number of hydrogen-bond donors (Lipinski definition) is 1. The first kappa shape index (κ1) is 10.8. The number of amides is 1. The molecule has 0 unspecified atom stereocenters. The minimum Gasteiger partial charge on any atom is -0.436 e. The zero-order valence-electron chi connectivity index (χ0n) is 10.1. The number of oxazole rings is 1. The molecule has 5 heteroatoms. The molecule has 3 rings (SSSR count). The van der Waals surface area contributed by atoms with Crippen molar-refractivity contribution in [1.29, 1.82) is 0 Å². The third kappa shape index (κ3) is 1.65. The lowest BCUT2D eigenvalue weighted by Gasteiger charge is -2.46. The molecule has 5 nitrogen and oxygen atoms in total. The maximum absolute atomic E-state index is 12.1. The number of carbonyl (C=O) groups excluding carboxylic acids is 1. The highest BCUT2D eigenvalue weighted by atomic mass is 16.4. The van der Waals surface area contributed by atoms with E-state index in [1.165, 1.54) is 0 Å². The lowest BCUT2D eigenvalue weighted by atomic mass is 9.88. The van der Waals surface area contributed by atoms with Crippen LogP contribution in [0.1, 0.15) is 35.0 Å². The Morgan fingerprint density at radius 3 is 2.59 bits per heavy atom. The molecule has 1 aliphatic heterocycles. The van der Waals surface area contributed by atoms with Crippen molar-refractivity contribution in [3.63, 3.8) is 0 Å². The number of carbonyl (C=O) groups is 1. The molecule has 1 N–H and O–H groups in total. The Kier molecular flexibility index (Phi) is 2.10. The third-order valence-electron chi connectivity index (χ3n) is 3.65. The lowest BCUT2D eigenvalue weighted by Crippen LogP contribution is -2.64. The van der Waals surface area contributed by atoms with Gasteiger partial charge in [0.2, 0.25) is 5.76 Å². The molecule has 1 saturated heterocycles. The van der Waals surface area contributed by atoms with Gasteiger partial charge in [-0.3, -0.25) is 4.79 Å². The van der Waals surface area contributed by atoms with E-state index in [0.717, 1.165) is 12.8 Å². The van der Waals surface area contributed by atoms with Gasteiger partial charge < -0.3 is 14.4 Å². The minimum atomic E-state index is -0.640. The smallest absolute Gasteiger partial charge is 0.291 e. The molecular weight excluding hydrogens is 220 g/mol. The number of aliphatic hydroxyl groups is 1. The topological polar surface area (TPSA) is 66.6 Å². The highest BCUT2D eigenvalue weighted by Crippen LogP contribution is 2.44. The van der Waals surface area contributed by atoms with E-state index in [4.69, 9.17) is 4.42 Å². The molecule has 0 atom stereocenters. The van der Waals surface area contributed by atoms with Crippen LogP contribution in [0.5, 0.6) is 0 Å². The zero-order valence-corrected chi connectivity index (χ0v) is 10.1. The van der Waals surface area contributed by atoms with Crippen LogP contribution in [0.15, 0.2) is 4.42 Å². The largest absolute Gasteiger partial charge is 0.436 e. The number of hydrogen-bond acceptors (Lipinski definition) is 4. The molecule has 0 radical (unpaired) electrons.